The Kier molecular flexibility index (Phi) is 4.54. The van der Waals surface area contributed by atoms with Crippen molar-refractivity contribution >= 4 is 22.8 Å². The van der Waals surface area contributed by atoms with Gasteiger partial charge >= 0.3 is 0 Å². The smallest absolute Gasteiger partial charge is 0.0958 e. The van der Waals surface area contributed by atoms with Crippen LogP contribution in [0.25, 0.3) is 10.9 Å². The third-order valence-corrected chi connectivity index (χ3v) is 4.00. The van der Waals surface area contributed by atoms with E-state index in [1.165, 1.54) is 0 Å². The van der Waals surface area contributed by atoms with Gasteiger partial charge in [0.05, 0.1) is 11.2 Å². The maximum absolute atomic E-state index is 4.60. The fourth-order valence-electron chi connectivity index (χ4n) is 2.65. The highest BCUT2D eigenvalue weighted by atomic mass is 14.8. The molecule has 0 aliphatic heterocycles. The van der Waals surface area contributed by atoms with Gasteiger partial charge in [0.15, 0.2) is 0 Å². The summed E-state index contributed by atoms with van der Waals surface area (Å²) in [7, 11) is 0. The van der Waals surface area contributed by atoms with Crippen LogP contribution in [0.4, 0.5) is 5.69 Å². The number of hydrogen-bond acceptors (Lipinski definition) is 2. The zero-order valence-corrected chi connectivity index (χ0v) is 14.1. The van der Waals surface area contributed by atoms with Gasteiger partial charge in [0.25, 0.3) is 0 Å². The lowest BCUT2D eigenvalue weighted by Crippen LogP contribution is -1.83. The molecule has 0 radical (unpaired) electrons. The molecule has 0 aliphatic carbocycles. The zero-order chi connectivity index (χ0) is 17.6. The van der Waals surface area contributed by atoms with Crippen LogP contribution in [0.3, 0.4) is 0 Å². The summed E-state index contributed by atoms with van der Waals surface area (Å²) in [6.07, 6.45) is 3.65. The van der Waals surface area contributed by atoms with Gasteiger partial charge in [-0.2, -0.15) is 0 Å². The molecule has 0 atom stereocenters. The van der Waals surface area contributed by atoms with Crippen LogP contribution in [0.5, 0.6) is 0 Å². The summed E-state index contributed by atoms with van der Waals surface area (Å²) >= 11 is 0. The van der Waals surface area contributed by atoms with Crippen molar-refractivity contribution in [2.75, 3.05) is 0 Å². The predicted molar refractivity (Wildman–Crippen MR) is 108 cm³/mol. The van der Waals surface area contributed by atoms with Gasteiger partial charge < -0.3 is 0 Å². The number of benzene rings is 3. The average molecular weight is 332 g/mol. The van der Waals surface area contributed by atoms with Crippen LogP contribution < -0.4 is 0 Å². The summed E-state index contributed by atoms with van der Waals surface area (Å²) in [5.74, 6) is 6.35. The maximum Gasteiger partial charge on any atom is 0.0958 e. The first kappa shape index (κ1) is 15.8. The first-order chi connectivity index (χ1) is 12.9. The Bertz CT molecular complexity index is 1110. The summed E-state index contributed by atoms with van der Waals surface area (Å²) in [4.78, 5) is 9.03. The Morgan fingerprint density at radius 1 is 0.692 bits per heavy atom. The summed E-state index contributed by atoms with van der Waals surface area (Å²) in [5, 5.41) is 1.09. The second kappa shape index (κ2) is 7.46. The Morgan fingerprint density at radius 2 is 1.42 bits per heavy atom. The van der Waals surface area contributed by atoms with Crippen LogP contribution in [-0.2, 0) is 0 Å². The summed E-state index contributed by atoms with van der Waals surface area (Å²) < 4.78 is 0. The minimum atomic E-state index is 0.871. The van der Waals surface area contributed by atoms with Crippen molar-refractivity contribution in [1.29, 1.82) is 0 Å². The molecule has 122 valence electrons. The molecular formula is C24H16N2. The number of fused-ring (bicyclic) bond motifs is 1. The lowest BCUT2D eigenvalue weighted by molar-refractivity contribution is 1.39. The molecule has 0 N–H and O–H groups in total. The third-order valence-electron chi connectivity index (χ3n) is 4.00. The SMILES string of the molecule is C(#Cc1ccc(C=Nc2cccc3cccnc23)cc1)c1ccccc1. The number of nitrogens with zero attached hydrogens (tertiary/aromatic N) is 2. The van der Waals surface area contributed by atoms with Crippen LogP contribution in [-0.4, -0.2) is 11.2 Å². The van der Waals surface area contributed by atoms with Gasteiger partial charge in [-0.25, -0.2) is 0 Å². The molecule has 0 fully saturated rings. The standard InChI is InChI=1S/C24H16N2/c1-2-6-19(7-3-1)11-12-20-13-15-21(16-14-20)18-26-23-10-4-8-22-9-5-17-25-24(22)23/h1-10,13-18H. The Hall–Kier alpha value is -3.70. The maximum atomic E-state index is 4.60. The summed E-state index contributed by atoms with van der Waals surface area (Å²) in [6.45, 7) is 0. The van der Waals surface area contributed by atoms with Crippen LogP contribution in [0.15, 0.2) is 96.1 Å². The monoisotopic (exact) mass is 332 g/mol. The highest BCUT2D eigenvalue weighted by Gasteiger charge is 1.99. The number of pyridine rings is 1. The second-order valence-electron chi connectivity index (χ2n) is 5.85. The summed E-state index contributed by atoms with van der Waals surface area (Å²) in [5.41, 5.74) is 4.82. The average Bonchev–Trinajstić information content (AvgIpc) is 2.72. The van der Waals surface area contributed by atoms with E-state index in [0.29, 0.717) is 0 Å². The van der Waals surface area contributed by atoms with E-state index in [1.807, 2.05) is 91.1 Å². The molecule has 0 unspecified atom stereocenters. The van der Waals surface area contributed by atoms with Crippen molar-refractivity contribution < 1.29 is 0 Å². The van der Waals surface area contributed by atoms with Crippen molar-refractivity contribution in [3.63, 3.8) is 0 Å². The Morgan fingerprint density at radius 3 is 2.23 bits per heavy atom. The van der Waals surface area contributed by atoms with Crippen molar-refractivity contribution in [1.82, 2.24) is 4.98 Å². The van der Waals surface area contributed by atoms with E-state index in [4.69, 9.17) is 0 Å². The van der Waals surface area contributed by atoms with Gasteiger partial charge in [0, 0.05) is 28.9 Å². The van der Waals surface area contributed by atoms with Crippen LogP contribution in [0.1, 0.15) is 16.7 Å². The number of aliphatic imine (C=N–C) groups is 1. The van der Waals surface area contributed by atoms with Gasteiger partial charge in [-0.15, -0.1) is 0 Å². The fourth-order valence-corrected chi connectivity index (χ4v) is 2.65. The molecule has 3 aromatic carbocycles. The number of rotatable bonds is 2. The zero-order valence-electron chi connectivity index (χ0n) is 14.1. The minimum absolute atomic E-state index is 0.871. The number of hydrogen-bond donors (Lipinski definition) is 0. The highest BCUT2D eigenvalue weighted by molar-refractivity contribution is 5.92. The molecule has 0 saturated carbocycles. The van der Waals surface area contributed by atoms with E-state index >= 15 is 0 Å². The molecule has 0 aliphatic rings. The quantitative estimate of drug-likeness (QED) is 0.357. The number of para-hydroxylation sites is 1. The van der Waals surface area contributed by atoms with Crippen LogP contribution in [0.2, 0.25) is 0 Å². The normalized spacial score (nSPS) is 10.6. The van der Waals surface area contributed by atoms with Crippen molar-refractivity contribution in [3.8, 4) is 11.8 Å². The first-order valence-electron chi connectivity index (χ1n) is 8.43. The topological polar surface area (TPSA) is 25.2 Å². The molecule has 2 nitrogen and oxygen atoms in total. The van der Waals surface area contributed by atoms with E-state index in [1.54, 1.807) is 6.20 Å². The molecule has 0 amide bonds. The molecule has 4 aromatic rings. The lowest BCUT2D eigenvalue weighted by atomic mass is 10.1. The van der Waals surface area contributed by atoms with Crippen LogP contribution in [0, 0.1) is 11.8 Å². The minimum Gasteiger partial charge on any atom is -0.254 e. The van der Waals surface area contributed by atoms with Gasteiger partial charge in [-0.05, 0) is 42.0 Å². The second-order valence-corrected chi connectivity index (χ2v) is 5.85. The Labute approximate surface area is 152 Å². The van der Waals surface area contributed by atoms with Gasteiger partial charge in [0.1, 0.15) is 0 Å². The van der Waals surface area contributed by atoms with E-state index < -0.39 is 0 Å². The molecule has 0 saturated heterocycles. The van der Waals surface area contributed by atoms with Crippen LogP contribution >= 0.6 is 0 Å². The molecule has 0 bridgehead atoms. The van der Waals surface area contributed by atoms with E-state index in [2.05, 4.69) is 21.8 Å². The molecule has 0 spiro atoms. The first-order valence-corrected chi connectivity index (χ1v) is 8.43. The van der Waals surface area contributed by atoms with Gasteiger partial charge in [-0.1, -0.05) is 60.4 Å². The van der Waals surface area contributed by atoms with Crippen molar-refractivity contribution in [2.45, 2.75) is 0 Å². The highest BCUT2D eigenvalue weighted by Crippen LogP contribution is 2.23. The van der Waals surface area contributed by atoms with Crippen molar-refractivity contribution in [2.24, 2.45) is 4.99 Å². The number of aromatic nitrogens is 1. The molecule has 26 heavy (non-hydrogen) atoms. The molecule has 2 heteroatoms. The molecule has 4 rings (SSSR count). The molecule has 1 heterocycles. The molecular weight excluding hydrogens is 316 g/mol. The Balaban J connectivity index is 1.54. The van der Waals surface area contributed by atoms with Gasteiger partial charge in [0.2, 0.25) is 0 Å². The predicted octanol–water partition coefficient (Wildman–Crippen LogP) is 5.39. The van der Waals surface area contributed by atoms with Crippen molar-refractivity contribution in [3.05, 3.63) is 108 Å². The van der Waals surface area contributed by atoms with E-state index in [9.17, 15) is 0 Å². The lowest BCUT2D eigenvalue weighted by Gasteiger charge is -2.00. The molecule has 1 aromatic heterocycles. The van der Waals surface area contributed by atoms with E-state index in [-0.39, 0.29) is 0 Å². The summed E-state index contributed by atoms with van der Waals surface area (Å²) in [6, 6.07) is 28.1. The third kappa shape index (κ3) is 3.68. The largest absolute Gasteiger partial charge is 0.254 e. The fraction of sp³-hybridized carbons (Fsp3) is 0. The van der Waals surface area contributed by atoms with E-state index in [0.717, 1.165) is 33.3 Å². The van der Waals surface area contributed by atoms with Gasteiger partial charge in [-0.3, -0.25) is 9.98 Å².